The molecule has 0 amide bonds. The van der Waals surface area contributed by atoms with Gasteiger partial charge in [-0.1, -0.05) is 36.9 Å². The minimum Gasteiger partial charge on any atom is -0.367 e. The third-order valence-electron chi connectivity index (χ3n) is 2.11. The van der Waals surface area contributed by atoms with E-state index in [4.69, 9.17) is 5.73 Å². The molecule has 0 bridgehead atoms. The zero-order valence-corrected chi connectivity index (χ0v) is 8.30. The Bertz CT molecular complexity index is 456. The lowest BCUT2D eigenvalue weighted by molar-refractivity contribution is 0.687. The van der Waals surface area contributed by atoms with E-state index in [1.807, 2.05) is 30.3 Å². The Morgan fingerprint density at radius 1 is 1.33 bits per heavy atom. The Balaban J connectivity index is 2.14. The number of anilines is 1. The molecule has 15 heavy (non-hydrogen) atoms. The Hall–Kier alpha value is -2.10. The molecule has 0 aliphatic heterocycles. The average Bonchev–Trinajstić information content (AvgIpc) is 2.65. The van der Waals surface area contributed by atoms with E-state index < -0.39 is 0 Å². The average molecular weight is 200 g/mol. The summed E-state index contributed by atoms with van der Waals surface area (Å²) in [5, 5.41) is 4.01. The third kappa shape index (κ3) is 2.22. The van der Waals surface area contributed by atoms with Crippen LogP contribution in [-0.2, 0) is 6.54 Å². The Kier molecular flexibility index (Phi) is 2.49. The molecule has 0 saturated heterocycles. The monoisotopic (exact) mass is 200 g/mol. The first kappa shape index (κ1) is 9.45. The van der Waals surface area contributed by atoms with Crippen LogP contribution in [0.4, 0.5) is 5.95 Å². The maximum atomic E-state index is 5.42. The minimum atomic E-state index is 0.303. The summed E-state index contributed by atoms with van der Waals surface area (Å²) < 4.78 is 1.71. The summed E-state index contributed by atoms with van der Waals surface area (Å²) in [7, 11) is 0. The van der Waals surface area contributed by atoms with Gasteiger partial charge in [0.2, 0.25) is 5.95 Å². The quantitative estimate of drug-likeness (QED) is 0.817. The van der Waals surface area contributed by atoms with E-state index in [-0.39, 0.29) is 0 Å². The predicted molar refractivity (Wildman–Crippen MR) is 60.1 cm³/mol. The van der Waals surface area contributed by atoms with Crippen molar-refractivity contribution in [1.29, 1.82) is 0 Å². The van der Waals surface area contributed by atoms with E-state index in [9.17, 15) is 0 Å². The highest BCUT2D eigenvalue weighted by molar-refractivity contribution is 5.47. The van der Waals surface area contributed by atoms with Gasteiger partial charge in [0.15, 0.2) is 0 Å². The molecule has 1 heterocycles. The van der Waals surface area contributed by atoms with Crippen molar-refractivity contribution in [2.45, 2.75) is 6.54 Å². The summed E-state index contributed by atoms with van der Waals surface area (Å²) >= 11 is 0. The van der Waals surface area contributed by atoms with Crippen molar-refractivity contribution in [3.8, 4) is 0 Å². The first-order chi connectivity index (χ1) is 7.28. The maximum absolute atomic E-state index is 5.42. The maximum Gasteiger partial charge on any atom is 0.239 e. The Morgan fingerprint density at radius 3 is 2.60 bits per heavy atom. The van der Waals surface area contributed by atoms with E-state index in [1.54, 1.807) is 11.0 Å². The standard InChI is InChI=1S/C11H12N4/c1-2-9-3-5-10(6-4-9)7-15-8-13-11(12)14-15/h2-6,8H,1,7H2,(H2,12,14). The molecule has 4 heteroatoms. The number of nitrogens with zero attached hydrogens (tertiary/aromatic N) is 3. The second-order valence-corrected chi connectivity index (χ2v) is 3.25. The van der Waals surface area contributed by atoms with Gasteiger partial charge in [0.1, 0.15) is 6.33 Å². The second kappa shape index (κ2) is 3.96. The van der Waals surface area contributed by atoms with Crippen LogP contribution in [0.25, 0.3) is 6.08 Å². The van der Waals surface area contributed by atoms with Gasteiger partial charge in [-0.3, -0.25) is 0 Å². The number of nitrogen functional groups attached to an aromatic ring is 1. The van der Waals surface area contributed by atoms with Crippen molar-refractivity contribution < 1.29 is 0 Å². The molecule has 1 aromatic heterocycles. The topological polar surface area (TPSA) is 56.7 Å². The van der Waals surface area contributed by atoms with Crippen LogP contribution in [0.15, 0.2) is 37.2 Å². The number of hydrogen-bond acceptors (Lipinski definition) is 3. The van der Waals surface area contributed by atoms with Crippen LogP contribution >= 0.6 is 0 Å². The molecule has 2 aromatic rings. The second-order valence-electron chi connectivity index (χ2n) is 3.25. The molecule has 0 aliphatic rings. The van der Waals surface area contributed by atoms with Crippen molar-refractivity contribution >= 4 is 12.0 Å². The first-order valence-electron chi connectivity index (χ1n) is 4.64. The molecule has 0 saturated carbocycles. The molecular weight excluding hydrogens is 188 g/mol. The molecular formula is C11H12N4. The van der Waals surface area contributed by atoms with Crippen LogP contribution in [0.2, 0.25) is 0 Å². The SMILES string of the molecule is C=Cc1ccc(Cn2cnc(N)n2)cc1. The molecule has 0 radical (unpaired) electrons. The van der Waals surface area contributed by atoms with E-state index in [0.29, 0.717) is 12.5 Å². The van der Waals surface area contributed by atoms with Crippen LogP contribution in [0.3, 0.4) is 0 Å². The lowest BCUT2D eigenvalue weighted by Crippen LogP contribution is -2.00. The molecule has 0 unspecified atom stereocenters. The van der Waals surface area contributed by atoms with Crippen LogP contribution in [-0.4, -0.2) is 14.8 Å². The molecule has 76 valence electrons. The van der Waals surface area contributed by atoms with Gasteiger partial charge in [-0.15, -0.1) is 5.10 Å². The highest BCUT2D eigenvalue weighted by Crippen LogP contribution is 2.06. The molecule has 0 fully saturated rings. The highest BCUT2D eigenvalue weighted by Gasteiger charge is 1.97. The van der Waals surface area contributed by atoms with Crippen LogP contribution < -0.4 is 5.73 Å². The molecule has 0 atom stereocenters. The lowest BCUT2D eigenvalue weighted by atomic mass is 10.1. The van der Waals surface area contributed by atoms with Crippen LogP contribution in [0.5, 0.6) is 0 Å². The third-order valence-corrected chi connectivity index (χ3v) is 2.11. The number of aromatic nitrogens is 3. The molecule has 2 N–H and O–H groups in total. The molecule has 2 rings (SSSR count). The lowest BCUT2D eigenvalue weighted by Gasteiger charge is -2.01. The van der Waals surface area contributed by atoms with E-state index in [2.05, 4.69) is 16.7 Å². The van der Waals surface area contributed by atoms with Gasteiger partial charge in [0, 0.05) is 0 Å². The molecule has 0 spiro atoms. The fourth-order valence-corrected chi connectivity index (χ4v) is 1.33. The van der Waals surface area contributed by atoms with Crippen molar-refractivity contribution in [3.63, 3.8) is 0 Å². The summed E-state index contributed by atoms with van der Waals surface area (Å²) in [5.74, 6) is 0.303. The minimum absolute atomic E-state index is 0.303. The normalized spacial score (nSPS) is 10.1. The van der Waals surface area contributed by atoms with Gasteiger partial charge in [-0.25, -0.2) is 9.67 Å². The van der Waals surface area contributed by atoms with Crippen molar-refractivity contribution in [2.75, 3.05) is 5.73 Å². The Labute approximate surface area is 88.1 Å². The number of hydrogen-bond donors (Lipinski definition) is 1. The summed E-state index contributed by atoms with van der Waals surface area (Å²) in [6.07, 6.45) is 3.44. The zero-order valence-electron chi connectivity index (χ0n) is 8.30. The Morgan fingerprint density at radius 2 is 2.07 bits per heavy atom. The van der Waals surface area contributed by atoms with E-state index in [1.165, 1.54) is 0 Å². The van der Waals surface area contributed by atoms with Crippen molar-refractivity contribution in [1.82, 2.24) is 14.8 Å². The van der Waals surface area contributed by atoms with Gasteiger partial charge in [0.05, 0.1) is 6.54 Å². The first-order valence-corrected chi connectivity index (χ1v) is 4.64. The number of nitrogens with two attached hydrogens (primary N) is 1. The largest absolute Gasteiger partial charge is 0.367 e. The van der Waals surface area contributed by atoms with Gasteiger partial charge in [0.25, 0.3) is 0 Å². The summed E-state index contributed by atoms with van der Waals surface area (Å²) in [5.41, 5.74) is 7.69. The zero-order chi connectivity index (χ0) is 10.7. The summed E-state index contributed by atoms with van der Waals surface area (Å²) in [6, 6.07) is 8.11. The highest BCUT2D eigenvalue weighted by atomic mass is 15.3. The van der Waals surface area contributed by atoms with Gasteiger partial charge >= 0.3 is 0 Å². The van der Waals surface area contributed by atoms with E-state index in [0.717, 1.165) is 11.1 Å². The van der Waals surface area contributed by atoms with Crippen molar-refractivity contribution in [3.05, 3.63) is 48.3 Å². The van der Waals surface area contributed by atoms with Crippen molar-refractivity contribution in [2.24, 2.45) is 0 Å². The smallest absolute Gasteiger partial charge is 0.239 e. The number of rotatable bonds is 3. The van der Waals surface area contributed by atoms with Gasteiger partial charge < -0.3 is 5.73 Å². The summed E-state index contributed by atoms with van der Waals surface area (Å²) in [6.45, 7) is 4.39. The fourth-order valence-electron chi connectivity index (χ4n) is 1.33. The number of benzene rings is 1. The molecule has 0 aliphatic carbocycles. The van der Waals surface area contributed by atoms with Gasteiger partial charge in [-0.2, -0.15) is 0 Å². The fraction of sp³-hybridized carbons (Fsp3) is 0.0909. The van der Waals surface area contributed by atoms with Crippen LogP contribution in [0.1, 0.15) is 11.1 Å². The molecule has 4 nitrogen and oxygen atoms in total. The van der Waals surface area contributed by atoms with E-state index >= 15 is 0 Å². The predicted octanol–water partition coefficient (Wildman–Crippen LogP) is 1.55. The van der Waals surface area contributed by atoms with Crippen LogP contribution in [0, 0.1) is 0 Å². The summed E-state index contributed by atoms with van der Waals surface area (Å²) in [4.78, 5) is 3.86. The van der Waals surface area contributed by atoms with Gasteiger partial charge in [-0.05, 0) is 11.1 Å². The molecule has 1 aromatic carbocycles.